The Bertz CT molecular complexity index is 704. The second kappa shape index (κ2) is 4.70. The van der Waals surface area contributed by atoms with Gasteiger partial charge in [-0.15, -0.1) is 0 Å². The molecule has 0 spiro atoms. The molecule has 5 heteroatoms. The molecular formula is C14H15N5. The van der Waals surface area contributed by atoms with Crippen molar-refractivity contribution in [1.82, 2.24) is 14.6 Å². The zero-order chi connectivity index (χ0) is 13.2. The quantitative estimate of drug-likeness (QED) is 0.775. The minimum atomic E-state index is 0.538. The molecule has 3 aromatic rings. The van der Waals surface area contributed by atoms with E-state index in [1.54, 1.807) is 10.7 Å². The van der Waals surface area contributed by atoms with Crippen LogP contribution in [-0.4, -0.2) is 21.6 Å². The molecule has 0 atom stereocenters. The summed E-state index contributed by atoms with van der Waals surface area (Å²) < 4.78 is 1.74. The van der Waals surface area contributed by atoms with Crippen molar-refractivity contribution in [2.24, 2.45) is 5.73 Å². The summed E-state index contributed by atoms with van der Waals surface area (Å²) in [7, 11) is 1.99. The molecule has 0 saturated carbocycles. The van der Waals surface area contributed by atoms with Gasteiger partial charge in [0.1, 0.15) is 5.82 Å². The van der Waals surface area contributed by atoms with Crippen molar-refractivity contribution in [3.05, 3.63) is 54.4 Å². The Kier molecular flexibility index (Phi) is 2.89. The van der Waals surface area contributed by atoms with Crippen LogP contribution in [0.3, 0.4) is 0 Å². The molecule has 96 valence electrons. The van der Waals surface area contributed by atoms with Gasteiger partial charge in [-0.05, 0) is 23.8 Å². The number of nitrogens with zero attached hydrogens (tertiary/aromatic N) is 4. The first-order valence-electron chi connectivity index (χ1n) is 6.11. The third-order valence-corrected chi connectivity index (χ3v) is 3.12. The van der Waals surface area contributed by atoms with Crippen LogP contribution in [0, 0.1) is 0 Å². The number of hydrogen-bond donors (Lipinski definition) is 1. The van der Waals surface area contributed by atoms with Gasteiger partial charge in [0.15, 0.2) is 5.65 Å². The lowest BCUT2D eigenvalue weighted by Gasteiger charge is -2.19. The molecule has 0 amide bonds. The van der Waals surface area contributed by atoms with Crippen molar-refractivity contribution >= 4 is 17.2 Å². The Labute approximate surface area is 111 Å². The Morgan fingerprint density at radius 1 is 1.26 bits per heavy atom. The van der Waals surface area contributed by atoms with Gasteiger partial charge in [0.2, 0.25) is 0 Å². The highest BCUT2D eigenvalue weighted by atomic mass is 15.3. The van der Waals surface area contributed by atoms with Crippen LogP contribution in [0.2, 0.25) is 0 Å². The van der Waals surface area contributed by atoms with Crippen LogP contribution in [0.1, 0.15) is 5.56 Å². The lowest BCUT2D eigenvalue weighted by Crippen LogP contribution is -2.12. The maximum Gasteiger partial charge on any atom is 0.157 e. The van der Waals surface area contributed by atoms with Crippen LogP contribution in [-0.2, 0) is 6.54 Å². The van der Waals surface area contributed by atoms with Crippen LogP contribution in [0.25, 0.3) is 5.65 Å². The van der Waals surface area contributed by atoms with E-state index in [-0.39, 0.29) is 0 Å². The van der Waals surface area contributed by atoms with E-state index in [0.29, 0.717) is 6.54 Å². The standard InChI is InChI=1S/C14H15N5/c1-18(12-4-2-3-11(9-12)10-15)13-6-8-19-14(17-13)5-7-16-19/h2-9H,10,15H2,1H3. The molecule has 19 heavy (non-hydrogen) atoms. The van der Waals surface area contributed by atoms with Gasteiger partial charge >= 0.3 is 0 Å². The maximum absolute atomic E-state index is 5.67. The summed E-state index contributed by atoms with van der Waals surface area (Å²) in [6.07, 6.45) is 3.64. The number of hydrogen-bond acceptors (Lipinski definition) is 4. The Morgan fingerprint density at radius 2 is 2.16 bits per heavy atom. The van der Waals surface area contributed by atoms with Crippen LogP contribution in [0.4, 0.5) is 11.5 Å². The van der Waals surface area contributed by atoms with Gasteiger partial charge in [0, 0.05) is 31.5 Å². The van der Waals surface area contributed by atoms with E-state index in [1.165, 1.54) is 0 Å². The molecule has 3 rings (SSSR count). The van der Waals surface area contributed by atoms with Gasteiger partial charge in [-0.3, -0.25) is 0 Å². The molecule has 0 saturated heterocycles. The molecule has 2 heterocycles. The molecule has 0 bridgehead atoms. The molecule has 0 aliphatic rings. The highest BCUT2D eigenvalue weighted by Crippen LogP contribution is 2.22. The zero-order valence-corrected chi connectivity index (χ0v) is 10.7. The van der Waals surface area contributed by atoms with Gasteiger partial charge in [-0.1, -0.05) is 12.1 Å². The van der Waals surface area contributed by atoms with Gasteiger partial charge < -0.3 is 10.6 Å². The highest BCUT2D eigenvalue weighted by molar-refractivity contribution is 5.61. The van der Waals surface area contributed by atoms with E-state index in [9.17, 15) is 0 Å². The number of fused-ring (bicyclic) bond motifs is 1. The first kappa shape index (κ1) is 11.7. The van der Waals surface area contributed by atoms with E-state index in [2.05, 4.69) is 16.1 Å². The van der Waals surface area contributed by atoms with E-state index < -0.39 is 0 Å². The minimum Gasteiger partial charge on any atom is -0.329 e. The maximum atomic E-state index is 5.67. The van der Waals surface area contributed by atoms with E-state index >= 15 is 0 Å². The number of rotatable bonds is 3. The molecule has 5 nitrogen and oxygen atoms in total. The van der Waals surface area contributed by atoms with E-state index in [1.807, 2.05) is 48.5 Å². The average molecular weight is 253 g/mol. The summed E-state index contributed by atoms with van der Waals surface area (Å²) >= 11 is 0. The van der Waals surface area contributed by atoms with Gasteiger partial charge in [0.25, 0.3) is 0 Å². The molecule has 2 aromatic heterocycles. The normalized spacial score (nSPS) is 10.8. The van der Waals surface area contributed by atoms with Crippen LogP contribution < -0.4 is 10.6 Å². The third-order valence-electron chi connectivity index (χ3n) is 3.12. The molecule has 2 N–H and O–H groups in total. The first-order valence-corrected chi connectivity index (χ1v) is 6.11. The fourth-order valence-electron chi connectivity index (χ4n) is 2.01. The number of aromatic nitrogens is 3. The fraction of sp³-hybridized carbons (Fsp3) is 0.143. The van der Waals surface area contributed by atoms with Gasteiger partial charge in [-0.25, -0.2) is 9.50 Å². The molecule has 0 unspecified atom stereocenters. The average Bonchev–Trinajstić information content (AvgIpc) is 2.94. The van der Waals surface area contributed by atoms with Crippen molar-refractivity contribution in [2.75, 3.05) is 11.9 Å². The van der Waals surface area contributed by atoms with Gasteiger partial charge in [-0.2, -0.15) is 5.10 Å². The van der Waals surface area contributed by atoms with Crippen molar-refractivity contribution in [3.8, 4) is 0 Å². The second-order valence-corrected chi connectivity index (χ2v) is 4.35. The van der Waals surface area contributed by atoms with Crippen molar-refractivity contribution in [2.45, 2.75) is 6.54 Å². The minimum absolute atomic E-state index is 0.538. The second-order valence-electron chi connectivity index (χ2n) is 4.35. The van der Waals surface area contributed by atoms with E-state index in [0.717, 1.165) is 22.7 Å². The summed E-state index contributed by atoms with van der Waals surface area (Å²) in [6, 6.07) is 12.0. The van der Waals surface area contributed by atoms with Crippen molar-refractivity contribution in [3.63, 3.8) is 0 Å². The zero-order valence-electron chi connectivity index (χ0n) is 10.7. The SMILES string of the molecule is CN(c1cccc(CN)c1)c1ccn2nccc2n1. The van der Waals surface area contributed by atoms with Gasteiger partial charge in [0.05, 0.1) is 6.20 Å². The molecule has 0 aliphatic carbocycles. The molecule has 1 aromatic carbocycles. The lowest BCUT2D eigenvalue weighted by atomic mass is 10.2. The first-order chi connectivity index (χ1) is 9.28. The molecule has 0 radical (unpaired) electrons. The fourth-order valence-corrected chi connectivity index (χ4v) is 2.01. The smallest absolute Gasteiger partial charge is 0.157 e. The predicted octanol–water partition coefficient (Wildman–Crippen LogP) is 1.96. The van der Waals surface area contributed by atoms with Crippen LogP contribution in [0.15, 0.2) is 48.8 Å². The summed E-state index contributed by atoms with van der Waals surface area (Å²) in [5, 5.41) is 4.14. The van der Waals surface area contributed by atoms with Crippen LogP contribution >= 0.6 is 0 Å². The summed E-state index contributed by atoms with van der Waals surface area (Å²) in [5.41, 5.74) is 8.68. The largest absolute Gasteiger partial charge is 0.329 e. The Morgan fingerprint density at radius 3 is 3.00 bits per heavy atom. The third kappa shape index (κ3) is 2.15. The molecular weight excluding hydrogens is 238 g/mol. The van der Waals surface area contributed by atoms with E-state index in [4.69, 9.17) is 5.73 Å². The Balaban J connectivity index is 1.99. The van der Waals surface area contributed by atoms with Crippen LogP contribution in [0.5, 0.6) is 0 Å². The van der Waals surface area contributed by atoms with Crippen molar-refractivity contribution < 1.29 is 0 Å². The number of benzene rings is 1. The monoisotopic (exact) mass is 253 g/mol. The highest BCUT2D eigenvalue weighted by Gasteiger charge is 2.07. The number of nitrogens with two attached hydrogens (primary N) is 1. The predicted molar refractivity (Wildman–Crippen MR) is 75.4 cm³/mol. The molecule has 0 fully saturated rings. The molecule has 0 aliphatic heterocycles. The summed E-state index contributed by atoms with van der Waals surface area (Å²) in [6.45, 7) is 0.538. The van der Waals surface area contributed by atoms with Crippen molar-refractivity contribution in [1.29, 1.82) is 0 Å². The Hall–Kier alpha value is -2.40. The number of anilines is 2. The summed E-state index contributed by atoms with van der Waals surface area (Å²) in [4.78, 5) is 6.60. The summed E-state index contributed by atoms with van der Waals surface area (Å²) in [5.74, 6) is 0.877. The topological polar surface area (TPSA) is 59.5 Å². The lowest BCUT2D eigenvalue weighted by molar-refractivity contribution is 0.933.